The molecule has 0 amide bonds. The normalized spacial score (nSPS) is 35.9. The molecule has 6 nitrogen and oxygen atoms in total. The zero-order valence-electron chi connectivity index (χ0n) is 11.7. The molecular weight excluding hydrogens is 264 g/mol. The van der Waals surface area contributed by atoms with Gasteiger partial charge in [0.2, 0.25) is 0 Å². The monoisotopic (exact) mass is 282 g/mol. The molecule has 21 heavy (non-hydrogen) atoms. The zero-order valence-corrected chi connectivity index (χ0v) is 11.7. The molecule has 0 radical (unpaired) electrons. The van der Waals surface area contributed by atoms with Gasteiger partial charge in [0.05, 0.1) is 6.04 Å². The summed E-state index contributed by atoms with van der Waals surface area (Å²) in [6, 6.07) is 6.03. The van der Waals surface area contributed by atoms with Crippen LogP contribution in [0.3, 0.4) is 0 Å². The van der Waals surface area contributed by atoms with E-state index in [-0.39, 0.29) is 0 Å². The minimum atomic E-state index is 0.490. The van der Waals surface area contributed by atoms with Crippen LogP contribution in [0, 0.1) is 23.7 Å². The first-order valence-electron chi connectivity index (χ1n) is 7.66. The molecule has 0 saturated heterocycles. The van der Waals surface area contributed by atoms with E-state index in [1.165, 1.54) is 19.3 Å². The summed E-state index contributed by atoms with van der Waals surface area (Å²) in [5.41, 5.74) is 14.0. The Kier molecular flexibility index (Phi) is 2.06. The maximum Gasteiger partial charge on any atom is 0.182 e. The lowest BCUT2D eigenvalue weighted by Gasteiger charge is -2.11. The first kappa shape index (κ1) is 11.5. The van der Waals surface area contributed by atoms with Crippen LogP contribution in [0.15, 0.2) is 18.2 Å². The first-order valence-corrected chi connectivity index (χ1v) is 7.66. The molecule has 4 unspecified atom stereocenters. The van der Waals surface area contributed by atoms with Gasteiger partial charge in [0, 0.05) is 16.9 Å². The summed E-state index contributed by atoms with van der Waals surface area (Å²) >= 11 is 0. The summed E-state index contributed by atoms with van der Waals surface area (Å²) < 4.78 is 2.02. The zero-order chi connectivity index (χ0) is 14.1. The van der Waals surface area contributed by atoms with Crippen LogP contribution in [0.4, 0.5) is 11.4 Å². The van der Waals surface area contributed by atoms with E-state index in [9.17, 15) is 0 Å². The van der Waals surface area contributed by atoms with Gasteiger partial charge in [-0.05, 0) is 71.6 Å². The van der Waals surface area contributed by atoms with E-state index in [0.29, 0.717) is 17.4 Å². The second-order valence-corrected chi connectivity index (χ2v) is 6.81. The van der Waals surface area contributed by atoms with Gasteiger partial charge in [-0.15, -0.1) is 5.10 Å². The van der Waals surface area contributed by atoms with Crippen molar-refractivity contribution in [2.24, 2.45) is 23.7 Å². The number of benzene rings is 1. The highest BCUT2D eigenvalue weighted by Gasteiger charge is 2.66. The lowest BCUT2D eigenvalue weighted by atomic mass is 10.0. The fourth-order valence-corrected chi connectivity index (χ4v) is 5.00. The number of tetrazole rings is 1. The van der Waals surface area contributed by atoms with Gasteiger partial charge in [0.1, 0.15) is 0 Å². The summed E-state index contributed by atoms with van der Waals surface area (Å²) in [6.07, 6.45) is 4.21. The number of nitrogens with two attached hydrogens (primary N) is 2. The average molecular weight is 282 g/mol. The fourth-order valence-electron chi connectivity index (χ4n) is 5.00. The molecule has 3 aliphatic rings. The Labute approximate surface area is 122 Å². The Hall–Kier alpha value is -2.11. The van der Waals surface area contributed by atoms with E-state index in [0.717, 1.165) is 35.1 Å². The van der Waals surface area contributed by atoms with Gasteiger partial charge in [0.15, 0.2) is 5.82 Å². The van der Waals surface area contributed by atoms with Crippen LogP contribution in [0.1, 0.15) is 25.3 Å². The van der Waals surface area contributed by atoms with Crippen molar-refractivity contribution in [1.29, 1.82) is 0 Å². The number of rotatable bonds is 2. The number of hydrogen-bond acceptors (Lipinski definition) is 5. The van der Waals surface area contributed by atoms with Gasteiger partial charge < -0.3 is 11.5 Å². The molecule has 3 aliphatic carbocycles. The Morgan fingerprint density at radius 2 is 1.67 bits per heavy atom. The van der Waals surface area contributed by atoms with E-state index < -0.39 is 0 Å². The lowest BCUT2D eigenvalue weighted by Crippen LogP contribution is -2.08. The molecule has 3 fully saturated rings. The van der Waals surface area contributed by atoms with Gasteiger partial charge in [-0.25, -0.2) is 4.68 Å². The molecule has 2 bridgehead atoms. The number of aromatic nitrogens is 4. The SMILES string of the molecule is Nc1cc(N)cc(-c2nnnn2C2C3C4CCC(C4)C32)c1. The van der Waals surface area contributed by atoms with Gasteiger partial charge >= 0.3 is 0 Å². The van der Waals surface area contributed by atoms with Crippen molar-refractivity contribution in [2.75, 3.05) is 11.5 Å². The largest absolute Gasteiger partial charge is 0.399 e. The van der Waals surface area contributed by atoms with Gasteiger partial charge in [-0.3, -0.25) is 0 Å². The van der Waals surface area contributed by atoms with E-state index in [2.05, 4.69) is 15.5 Å². The number of fused-ring (bicyclic) bond motifs is 5. The quantitative estimate of drug-likeness (QED) is 0.818. The van der Waals surface area contributed by atoms with Crippen molar-refractivity contribution < 1.29 is 0 Å². The fraction of sp³-hybridized carbons (Fsp3) is 0.533. The molecule has 0 aliphatic heterocycles. The van der Waals surface area contributed by atoms with Crippen LogP contribution in [0.5, 0.6) is 0 Å². The van der Waals surface area contributed by atoms with Gasteiger partial charge in [-0.2, -0.15) is 0 Å². The van der Waals surface area contributed by atoms with Crippen LogP contribution >= 0.6 is 0 Å². The number of nitrogen functional groups attached to an aromatic ring is 2. The molecule has 4 N–H and O–H groups in total. The molecule has 0 spiro atoms. The molecule has 1 heterocycles. The van der Waals surface area contributed by atoms with Crippen molar-refractivity contribution in [1.82, 2.24) is 20.2 Å². The number of anilines is 2. The molecule has 1 aromatic heterocycles. The van der Waals surface area contributed by atoms with Crippen LogP contribution < -0.4 is 11.5 Å². The molecule has 3 saturated carbocycles. The van der Waals surface area contributed by atoms with Crippen molar-refractivity contribution in [3.05, 3.63) is 18.2 Å². The van der Waals surface area contributed by atoms with Crippen LogP contribution in [-0.4, -0.2) is 20.2 Å². The Morgan fingerprint density at radius 1 is 1.00 bits per heavy atom. The topological polar surface area (TPSA) is 95.6 Å². The molecule has 5 rings (SSSR count). The molecular formula is C15H18N6. The van der Waals surface area contributed by atoms with Crippen molar-refractivity contribution in [3.8, 4) is 11.4 Å². The van der Waals surface area contributed by atoms with Crippen LogP contribution in [-0.2, 0) is 0 Å². The Bertz CT molecular complexity index is 686. The van der Waals surface area contributed by atoms with Gasteiger partial charge in [0.25, 0.3) is 0 Å². The summed E-state index contributed by atoms with van der Waals surface area (Å²) in [5.74, 6) is 4.18. The minimum Gasteiger partial charge on any atom is -0.399 e. The highest BCUT2D eigenvalue weighted by Crippen LogP contribution is 2.71. The predicted octanol–water partition coefficient (Wildman–Crippen LogP) is 1.72. The highest BCUT2D eigenvalue weighted by atomic mass is 15.6. The van der Waals surface area contributed by atoms with E-state index >= 15 is 0 Å². The lowest BCUT2D eigenvalue weighted by molar-refractivity contribution is 0.427. The van der Waals surface area contributed by atoms with Crippen LogP contribution in [0.25, 0.3) is 11.4 Å². The summed E-state index contributed by atoms with van der Waals surface area (Å²) in [5, 5.41) is 12.4. The number of hydrogen-bond donors (Lipinski definition) is 2. The average Bonchev–Trinajstić information content (AvgIpc) is 2.87. The van der Waals surface area contributed by atoms with E-state index in [1.54, 1.807) is 6.07 Å². The molecule has 1 aromatic carbocycles. The molecule has 4 atom stereocenters. The number of nitrogens with zero attached hydrogens (tertiary/aromatic N) is 4. The van der Waals surface area contributed by atoms with E-state index in [4.69, 9.17) is 11.5 Å². The molecule has 108 valence electrons. The third kappa shape index (κ3) is 1.50. The standard InChI is InChI=1S/C15H18N6/c16-10-4-9(5-11(17)6-10)15-18-19-20-21(15)14-12-7-1-2-8(3-7)13(12)14/h4-8,12-14H,1-3,16-17H2. The third-order valence-corrected chi connectivity index (χ3v) is 5.71. The van der Waals surface area contributed by atoms with Gasteiger partial charge in [-0.1, -0.05) is 0 Å². The van der Waals surface area contributed by atoms with Crippen molar-refractivity contribution >= 4 is 11.4 Å². The van der Waals surface area contributed by atoms with Crippen LogP contribution in [0.2, 0.25) is 0 Å². The van der Waals surface area contributed by atoms with E-state index in [1.807, 2.05) is 16.8 Å². The molecule has 6 heteroatoms. The summed E-state index contributed by atoms with van der Waals surface area (Å²) in [6.45, 7) is 0. The minimum absolute atomic E-state index is 0.490. The maximum absolute atomic E-state index is 5.90. The summed E-state index contributed by atoms with van der Waals surface area (Å²) in [4.78, 5) is 0. The second-order valence-electron chi connectivity index (χ2n) is 6.81. The Balaban J connectivity index is 1.54. The first-order chi connectivity index (χ1) is 10.2. The second kappa shape index (κ2) is 3.75. The smallest absolute Gasteiger partial charge is 0.182 e. The summed E-state index contributed by atoms with van der Waals surface area (Å²) in [7, 11) is 0. The third-order valence-electron chi connectivity index (χ3n) is 5.71. The Morgan fingerprint density at radius 3 is 2.33 bits per heavy atom. The van der Waals surface area contributed by atoms with Crippen molar-refractivity contribution in [2.45, 2.75) is 25.3 Å². The predicted molar refractivity (Wildman–Crippen MR) is 78.9 cm³/mol. The molecule has 2 aromatic rings. The maximum atomic E-state index is 5.90. The van der Waals surface area contributed by atoms with Crippen molar-refractivity contribution in [3.63, 3.8) is 0 Å². The highest BCUT2D eigenvalue weighted by molar-refractivity contribution is 5.68.